The highest BCUT2D eigenvalue weighted by atomic mass is 16.4. The fourth-order valence-electron chi connectivity index (χ4n) is 2.25. The molecule has 1 heterocycles. The van der Waals surface area contributed by atoms with Crippen LogP contribution in [-0.2, 0) is 0 Å². The Kier molecular flexibility index (Phi) is 3.23. The normalized spacial score (nSPS) is 10.5. The lowest BCUT2D eigenvalue weighted by Crippen LogP contribution is -2.04. The van der Waals surface area contributed by atoms with Gasteiger partial charge in [0.25, 0.3) is 0 Å². The van der Waals surface area contributed by atoms with Crippen LogP contribution in [0.4, 0.5) is 0 Å². The van der Waals surface area contributed by atoms with Gasteiger partial charge in [-0.3, -0.25) is 0 Å². The minimum atomic E-state index is -1.09. The summed E-state index contributed by atoms with van der Waals surface area (Å²) in [5.74, 6) is -1.09. The van der Waals surface area contributed by atoms with E-state index in [0.29, 0.717) is 5.69 Å². The molecule has 0 aliphatic carbocycles. The molecule has 0 aliphatic heterocycles. The maximum Gasteiger partial charge on any atom is 0.358 e. The molecular weight excluding hydrogens is 266 g/mol. The van der Waals surface area contributed by atoms with Crippen molar-refractivity contribution in [1.29, 1.82) is 0 Å². The Balaban J connectivity index is 2.28. The van der Waals surface area contributed by atoms with Crippen LogP contribution in [0.25, 0.3) is 16.9 Å². The van der Waals surface area contributed by atoms with Gasteiger partial charge in [0, 0.05) is 5.56 Å². The van der Waals surface area contributed by atoms with E-state index in [1.165, 1.54) is 0 Å². The molecule has 0 fully saturated rings. The lowest BCUT2D eigenvalue weighted by atomic mass is 10.1. The topological polar surface area (TPSA) is 68.0 Å². The van der Waals surface area contributed by atoms with Crippen molar-refractivity contribution < 1.29 is 9.90 Å². The second-order valence-corrected chi connectivity index (χ2v) is 4.66. The Morgan fingerprint density at radius 1 is 1.05 bits per heavy atom. The molecule has 0 unspecified atom stereocenters. The molecule has 1 N–H and O–H groups in total. The molecule has 5 heteroatoms. The summed E-state index contributed by atoms with van der Waals surface area (Å²) in [6.07, 6.45) is 0. The van der Waals surface area contributed by atoms with Crippen LogP contribution in [0, 0.1) is 6.92 Å². The van der Waals surface area contributed by atoms with Crippen LogP contribution in [0.2, 0.25) is 0 Å². The first-order chi connectivity index (χ1) is 10.2. The number of benzene rings is 2. The van der Waals surface area contributed by atoms with Crippen LogP contribution in [0.5, 0.6) is 0 Å². The number of rotatable bonds is 3. The lowest BCUT2D eigenvalue weighted by molar-refractivity contribution is 0.0691. The number of aromatic carboxylic acids is 1. The van der Waals surface area contributed by atoms with Crippen molar-refractivity contribution in [3.05, 3.63) is 65.9 Å². The molecule has 0 bridgehead atoms. The van der Waals surface area contributed by atoms with Gasteiger partial charge in [-0.1, -0.05) is 53.7 Å². The van der Waals surface area contributed by atoms with Crippen molar-refractivity contribution in [2.45, 2.75) is 6.92 Å². The minimum absolute atomic E-state index is 0.0514. The van der Waals surface area contributed by atoms with Crippen molar-refractivity contribution in [1.82, 2.24) is 15.0 Å². The van der Waals surface area contributed by atoms with Crippen molar-refractivity contribution in [3.63, 3.8) is 0 Å². The second-order valence-electron chi connectivity index (χ2n) is 4.66. The second kappa shape index (κ2) is 5.20. The highest BCUT2D eigenvalue weighted by Gasteiger charge is 2.21. The Labute approximate surface area is 121 Å². The van der Waals surface area contributed by atoms with Gasteiger partial charge in [-0.25, -0.2) is 9.48 Å². The average molecular weight is 279 g/mol. The number of hydrogen-bond acceptors (Lipinski definition) is 3. The highest BCUT2D eigenvalue weighted by molar-refractivity contribution is 5.93. The zero-order valence-corrected chi connectivity index (χ0v) is 11.4. The Hall–Kier alpha value is -2.95. The first-order valence-corrected chi connectivity index (χ1v) is 6.49. The van der Waals surface area contributed by atoms with Crippen LogP contribution in [-0.4, -0.2) is 26.1 Å². The molecule has 3 rings (SSSR count). The number of carboxylic acids is 1. The van der Waals surface area contributed by atoms with E-state index < -0.39 is 5.97 Å². The molecule has 0 amide bonds. The molecule has 0 aliphatic rings. The average Bonchev–Trinajstić information content (AvgIpc) is 2.93. The van der Waals surface area contributed by atoms with E-state index in [4.69, 9.17) is 0 Å². The fourth-order valence-corrected chi connectivity index (χ4v) is 2.25. The summed E-state index contributed by atoms with van der Waals surface area (Å²) in [4.78, 5) is 11.4. The lowest BCUT2D eigenvalue weighted by Gasteiger charge is -2.09. The number of aryl methyl sites for hydroxylation is 1. The van der Waals surface area contributed by atoms with E-state index in [1.54, 1.807) is 4.68 Å². The van der Waals surface area contributed by atoms with Crippen LogP contribution >= 0.6 is 0 Å². The number of nitrogens with zero attached hydrogens (tertiary/aromatic N) is 3. The predicted molar refractivity (Wildman–Crippen MR) is 78.5 cm³/mol. The van der Waals surface area contributed by atoms with E-state index >= 15 is 0 Å². The summed E-state index contributed by atoms with van der Waals surface area (Å²) in [6, 6.07) is 16.9. The molecule has 104 valence electrons. The fraction of sp³-hybridized carbons (Fsp3) is 0.0625. The Morgan fingerprint density at radius 3 is 2.38 bits per heavy atom. The van der Waals surface area contributed by atoms with Gasteiger partial charge in [-0.05, 0) is 18.6 Å². The summed E-state index contributed by atoms with van der Waals surface area (Å²) in [7, 11) is 0. The van der Waals surface area contributed by atoms with Crippen molar-refractivity contribution >= 4 is 5.97 Å². The number of para-hydroxylation sites is 1. The smallest absolute Gasteiger partial charge is 0.358 e. The van der Waals surface area contributed by atoms with E-state index in [0.717, 1.165) is 16.8 Å². The molecule has 0 saturated carbocycles. The maximum atomic E-state index is 11.4. The molecular formula is C16H13N3O2. The van der Waals surface area contributed by atoms with Gasteiger partial charge in [-0.2, -0.15) is 0 Å². The van der Waals surface area contributed by atoms with Crippen LogP contribution < -0.4 is 0 Å². The molecule has 1 aromatic heterocycles. The Morgan fingerprint density at radius 2 is 1.71 bits per heavy atom. The molecule has 0 atom stereocenters. The summed E-state index contributed by atoms with van der Waals surface area (Å²) in [6.45, 7) is 1.95. The molecule has 2 aromatic carbocycles. The largest absolute Gasteiger partial charge is 0.476 e. The number of carbonyl (C=O) groups is 1. The molecule has 5 nitrogen and oxygen atoms in total. The number of aromatic nitrogens is 3. The molecule has 0 spiro atoms. The predicted octanol–water partition coefficient (Wildman–Crippen LogP) is 2.94. The van der Waals surface area contributed by atoms with E-state index in [1.807, 2.05) is 61.5 Å². The summed E-state index contributed by atoms with van der Waals surface area (Å²) in [5, 5.41) is 17.2. The van der Waals surface area contributed by atoms with E-state index in [9.17, 15) is 9.90 Å². The first kappa shape index (κ1) is 13.1. The third-order valence-corrected chi connectivity index (χ3v) is 3.26. The van der Waals surface area contributed by atoms with Gasteiger partial charge in [0.2, 0.25) is 0 Å². The standard InChI is InChI=1S/C16H13N3O2/c1-11-7-5-6-10-13(11)19-15(12-8-3-2-4-9-12)14(16(20)21)17-18-19/h2-10H,1H3,(H,20,21). The van der Waals surface area contributed by atoms with E-state index in [2.05, 4.69) is 10.3 Å². The van der Waals surface area contributed by atoms with Crippen molar-refractivity contribution in [2.75, 3.05) is 0 Å². The van der Waals surface area contributed by atoms with Crippen LogP contribution in [0.3, 0.4) is 0 Å². The third kappa shape index (κ3) is 2.29. The molecule has 0 saturated heterocycles. The SMILES string of the molecule is Cc1ccccc1-n1nnc(C(=O)O)c1-c1ccccc1. The quantitative estimate of drug-likeness (QED) is 0.800. The monoisotopic (exact) mass is 279 g/mol. The van der Waals surface area contributed by atoms with Gasteiger partial charge in [-0.15, -0.1) is 5.10 Å². The molecule has 3 aromatic rings. The van der Waals surface area contributed by atoms with E-state index in [-0.39, 0.29) is 5.69 Å². The number of hydrogen-bond donors (Lipinski definition) is 1. The van der Waals surface area contributed by atoms with Crippen molar-refractivity contribution in [3.8, 4) is 16.9 Å². The van der Waals surface area contributed by atoms with Gasteiger partial charge in [0.05, 0.1) is 5.69 Å². The number of carboxylic acid groups (broad SMARTS) is 1. The van der Waals surface area contributed by atoms with Crippen LogP contribution in [0.1, 0.15) is 16.1 Å². The van der Waals surface area contributed by atoms with Gasteiger partial charge >= 0.3 is 5.97 Å². The van der Waals surface area contributed by atoms with Gasteiger partial charge in [0.1, 0.15) is 5.69 Å². The summed E-state index contributed by atoms with van der Waals surface area (Å²) >= 11 is 0. The van der Waals surface area contributed by atoms with Crippen molar-refractivity contribution in [2.24, 2.45) is 0 Å². The van der Waals surface area contributed by atoms with Crippen LogP contribution in [0.15, 0.2) is 54.6 Å². The maximum absolute atomic E-state index is 11.4. The molecule has 0 radical (unpaired) electrons. The Bertz CT molecular complexity index is 794. The summed E-state index contributed by atoms with van der Waals surface area (Å²) < 4.78 is 1.58. The third-order valence-electron chi connectivity index (χ3n) is 3.26. The first-order valence-electron chi connectivity index (χ1n) is 6.49. The highest BCUT2D eigenvalue weighted by Crippen LogP contribution is 2.26. The van der Waals surface area contributed by atoms with Gasteiger partial charge < -0.3 is 5.11 Å². The summed E-state index contributed by atoms with van der Waals surface area (Å²) in [5.41, 5.74) is 3.01. The zero-order chi connectivity index (χ0) is 14.8. The minimum Gasteiger partial charge on any atom is -0.476 e. The molecule has 21 heavy (non-hydrogen) atoms. The zero-order valence-electron chi connectivity index (χ0n) is 11.4. The van der Waals surface area contributed by atoms with Gasteiger partial charge in [0.15, 0.2) is 5.69 Å².